The van der Waals surface area contributed by atoms with Crippen LogP contribution in [-0.2, 0) is 0 Å². The van der Waals surface area contributed by atoms with Gasteiger partial charge < -0.3 is 4.90 Å². The molecule has 3 heterocycles. The predicted molar refractivity (Wildman–Crippen MR) is 94.6 cm³/mol. The maximum absolute atomic E-state index is 13.0. The molecule has 126 valence electrons. The molecule has 0 radical (unpaired) electrons. The van der Waals surface area contributed by atoms with E-state index >= 15 is 0 Å². The third-order valence-corrected chi connectivity index (χ3v) is 6.17. The van der Waals surface area contributed by atoms with Crippen molar-refractivity contribution in [1.29, 1.82) is 0 Å². The van der Waals surface area contributed by atoms with Gasteiger partial charge in [0.05, 0.1) is 0 Å². The van der Waals surface area contributed by atoms with Crippen LogP contribution >= 0.6 is 11.3 Å². The quantitative estimate of drug-likeness (QED) is 0.748. The molecule has 2 aromatic rings. The van der Waals surface area contributed by atoms with Gasteiger partial charge in [-0.25, -0.2) is 4.98 Å². The van der Waals surface area contributed by atoms with E-state index < -0.39 is 0 Å². The number of likely N-dealkylation sites (tertiary alicyclic amines) is 1. The van der Waals surface area contributed by atoms with Crippen molar-refractivity contribution >= 4 is 22.2 Å². The van der Waals surface area contributed by atoms with Crippen LogP contribution in [0.15, 0.2) is 29.3 Å². The molecule has 0 aromatic carbocycles. The predicted octanol–water partition coefficient (Wildman–Crippen LogP) is 3.03. The van der Waals surface area contributed by atoms with E-state index in [1.807, 2.05) is 11.8 Å². The number of hydrogen-bond acceptors (Lipinski definition) is 4. The third-order valence-electron chi connectivity index (χ3n) is 5.26. The number of rotatable bonds is 1. The van der Waals surface area contributed by atoms with Gasteiger partial charge in [0, 0.05) is 30.4 Å². The molecule has 0 N–H and O–H groups in total. The van der Waals surface area contributed by atoms with Crippen molar-refractivity contribution < 1.29 is 4.79 Å². The minimum absolute atomic E-state index is 0.167. The summed E-state index contributed by atoms with van der Waals surface area (Å²) in [4.78, 5) is 33.4. The lowest BCUT2D eigenvalue weighted by Gasteiger charge is -2.43. The SMILES string of the molecule is Cc1cn2c(=O)c(C(=O)N3CCC[C@]4(CC=CCC4)C3)cnc2s1. The summed E-state index contributed by atoms with van der Waals surface area (Å²) in [5.74, 6) is -0.167. The largest absolute Gasteiger partial charge is 0.338 e. The monoisotopic (exact) mass is 343 g/mol. The summed E-state index contributed by atoms with van der Waals surface area (Å²) in [5, 5.41) is 0. The van der Waals surface area contributed by atoms with Crippen molar-refractivity contribution in [3.63, 3.8) is 0 Å². The highest BCUT2D eigenvalue weighted by Gasteiger charge is 2.37. The van der Waals surface area contributed by atoms with Crippen molar-refractivity contribution in [1.82, 2.24) is 14.3 Å². The van der Waals surface area contributed by atoms with Gasteiger partial charge in [-0.15, -0.1) is 11.3 Å². The third kappa shape index (κ3) is 2.59. The Labute approximate surface area is 144 Å². The summed E-state index contributed by atoms with van der Waals surface area (Å²) in [6, 6.07) is 0. The van der Waals surface area contributed by atoms with E-state index in [9.17, 15) is 9.59 Å². The Morgan fingerprint density at radius 2 is 2.21 bits per heavy atom. The number of aryl methyl sites for hydroxylation is 1. The summed E-state index contributed by atoms with van der Waals surface area (Å²) < 4.78 is 1.50. The topological polar surface area (TPSA) is 54.7 Å². The highest BCUT2D eigenvalue weighted by molar-refractivity contribution is 7.16. The number of aromatic nitrogens is 2. The average Bonchev–Trinajstić information content (AvgIpc) is 2.97. The number of carbonyl (C=O) groups is 1. The van der Waals surface area contributed by atoms with Gasteiger partial charge in [-0.2, -0.15) is 0 Å². The molecule has 1 aliphatic carbocycles. The van der Waals surface area contributed by atoms with Crippen LogP contribution in [0.1, 0.15) is 47.3 Å². The van der Waals surface area contributed by atoms with Crippen LogP contribution < -0.4 is 5.56 Å². The van der Waals surface area contributed by atoms with E-state index in [1.165, 1.54) is 28.4 Å². The van der Waals surface area contributed by atoms with Crippen LogP contribution in [0.2, 0.25) is 0 Å². The molecule has 1 fully saturated rings. The van der Waals surface area contributed by atoms with Crippen LogP contribution in [0.4, 0.5) is 0 Å². The second-order valence-electron chi connectivity index (χ2n) is 7.02. The Balaban J connectivity index is 1.64. The minimum atomic E-state index is -0.252. The van der Waals surface area contributed by atoms with Gasteiger partial charge >= 0.3 is 0 Å². The number of allylic oxidation sites excluding steroid dienone is 2. The maximum Gasteiger partial charge on any atom is 0.271 e. The van der Waals surface area contributed by atoms with Crippen LogP contribution in [0.3, 0.4) is 0 Å². The van der Waals surface area contributed by atoms with E-state index in [-0.39, 0.29) is 22.4 Å². The van der Waals surface area contributed by atoms with Gasteiger partial charge in [0.1, 0.15) is 5.56 Å². The molecule has 0 saturated carbocycles. The molecule has 1 saturated heterocycles. The van der Waals surface area contributed by atoms with Gasteiger partial charge in [0.2, 0.25) is 0 Å². The lowest BCUT2D eigenvalue weighted by atomic mass is 9.71. The summed E-state index contributed by atoms with van der Waals surface area (Å²) in [7, 11) is 0. The van der Waals surface area contributed by atoms with Crippen LogP contribution in [-0.4, -0.2) is 33.3 Å². The zero-order valence-electron chi connectivity index (χ0n) is 13.8. The zero-order chi connectivity index (χ0) is 16.7. The summed E-state index contributed by atoms with van der Waals surface area (Å²) in [5.41, 5.74) is 0.140. The number of hydrogen-bond donors (Lipinski definition) is 0. The fourth-order valence-corrected chi connectivity index (χ4v) is 4.79. The number of fused-ring (bicyclic) bond motifs is 1. The van der Waals surface area contributed by atoms with Crippen LogP contribution in [0.25, 0.3) is 4.96 Å². The summed E-state index contributed by atoms with van der Waals surface area (Å²) >= 11 is 1.46. The molecule has 0 bridgehead atoms. The minimum Gasteiger partial charge on any atom is -0.338 e. The number of piperidine rings is 1. The lowest BCUT2D eigenvalue weighted by molar-refractivity contribution is 0.0482. The average molecular weight is 343 g/mol. The Hall–Kier alpha value is -1.95. The Kier molecular flexibility index (Phi) is 3.79. The first-order valence-corrected chi connectivity index (χ1v) is 9.32. The van der Waals surface area contributed by atoms with Gasteiger partial charge in [-0.05, 0) is 44.4 Å². The molecule has 0 unspecified atom stereocenters. The Morgan fingerprint density at radius 1 is 1.33 bits per heavy atom. The number of thiazole rings is 1. The number of nitrogens with zero attached hydrogens (tertiary/aromatic N) is 3. The molecule has 1 aliphatic heterocycles. The van der Waals surface area contributed by atoms with E-state index in [0.717, 1.165) is 43.6 Å². The van der Waals surface area contributed by atoms with Crippen molar-refractivity contribution in [3.8, 4) is 0 Å². The smallest absolute Gasteiger partial charge is 0.271 e. The second-order valence-corrected chi connectivity index (χ2v) is 8.23. The van der Waals surface area contributed by atoms with Gasteiger partial charge in [0.15, 0.2) is 4.96 Å². The number of amides is 1. The second kappa shape index (κ2) is 5.84. The van der Waals surface area contributed by atoms with Crippen LogP contribution in [0.5, 0.6) is 0 Å². The Bertz CT molecular complexity index is 882. The highest BCUT2D eigenvalue weighted by atomic mass is 32.1. The first-order chi connectivity index (χ1) is 11.6. The zero-order valence-corrected chi connectivity index (χ0v) is 14.6. The summed E-state index contributed by atoms with van der Waals surface area (Å²) in [6.45, 7) is 3.42. The van der Waals surface area contributed by atoms with Crippen molar-refractivity contribution in [2.24, 2.45) is 5.41 Å². The first kappa shape index (κ1) is 15.6. The lowest BCUT2D eigenvalue weighted by Crippen LogP contribution is -2.47. The van der Waals surface area contributed by atoms with E-state index in [1.54, 1.807) is 6.20 Å². The van der Waals surface area contributed by atoms with Crippen molar-refractivity contribution in [2.45, 2.75) is 39.0 Å². The fourth-order valence-electron chi connectivity index (χ4n) is 4.01. The summed E-state index contributed by atoms with van der Waals surface area (Å²) in [6.07, 6.45) is 13.1. The molecule has 5 nitrogen and oxygen atoms in total. The molecule has 4 rings (SSSR count). The van der Waals surface area contributed by atoms with Gasteiger partial charge in [-0.1, -0.05) is 12.2 Å². The molecule has 1 atom stereocenters. The van der Waals surface area contributed by atoms with Crippen molar-refractivity contribution in [2.75, 3.05) is 13.1 Å². The van der Waals surface area contributed by atoms with Crippen molar-refractivity contribution in [3.05, 3.63) is 45.3 Å². The highest BCUT2D eigenvalue weighted by Crippen LogP contribution is 2.40. The normalized spacial score (nSPS) is 24.0. The van der Waals surface area contributed by atoms with E-state index in [2.05, 4.69) is 17.1 Å². The standard InChI is InChI=1S/C18H21N3O2S/c1-13-11-21-16(23)14(10-19-17(21)24-13)15(22)20-9-5-8-18(12-20)6-3-2-4-7-18/h2-3,10-11H,4-9,12H2,1H3/t18-/m1/s1. The van der Waals surface area contributed by atoms with E-state index in [4.69, 9.17) is 0 Å². The molecular weight excluding hydrogens is 322 g/mol. The maximum atomic E-state index is 13.0. The molecular formula is C18H21N3O2S. The van der Waals surface area contributed by atoms with Gasteiger partial charge in [-0.3, -0.25) is 14.0 Å². The molecule has 1 spiro atoms. The first-order valence-electron chi connectivity index (χ1n) is 8.50. The van der Waals surface area contributed by atoms with Gasteiger partial charge in [0.25, 0.3) is 11.5 Å². The molecule has 2 aliphatic rings. The number of carbonyl (C=O) groups excluding carboxylic acids is 1. The van der Waals surface area contributed by atoms with E-state index in [0.29, 0.717) is 4.96 Å². The molecule has 2 aromatic heterocycles. The molecule has 6 heteroatoms. The molecule has 1 amide bonds. The molecule has 24 heavy (non-hydrogen) atoms. The Morgan fingerprint density at radius 3 is 3.00 bits per heavy atom. The van der Waals surface area contributed by atoms with Crippen LogP contribution in [0, 0.1) is 12.3 Å². The fraction of sp³-hybridized carbons (Fsp3) is 0.500.